The molecule has 1 radical (unpaired) electrons. The maximum atomic E-state index is 13.8. The Balaban J connectivity index is 0.000000225. The number of benzene rings is 11. The number of hydrogen-bond acceptors (Lipinski definition) is 14. The molecule has 1 aliphatic rings. The van der Waals surface area contributed by atoms with Crippen molar-refractivity contribution in [3.05, 3.63) is 411 Å². The molecule has 1 aliphatic heterocycles. The van der Waals surface area contributed by atoms with E-state index in [1.807, 2.05) is 166 Å². The van der Waals surface area contributed by atoms with Gasteiger partial charge in [-0.1, -0.05) is 219 Å². The van der Waals surface area contributed by atoms with Crippen molar-refractivity contribution in [2.45, 2.75) is 78.1 Å². The molecule has 0 saturated carbocycles. The van der Waals surface area contributed by atoms with Gasteiger partial charge in [0.05, 0.1) is 15.4 Å². The molecule has 0 atom stereocenters. The number of aliphatic imine (C=N–C) groups is 1. The number of hydrogen-bond donors (Lipinski definition) is 2. The zero-order chi connectivity index (χ0) is 80.7. The summed E-state index contributed by atoms with van der Waals surface area (Å²) < 4.78 is 94.6. The van der Waals surface area contributed by atoms with Crippen molar-refractivity contribution < 1.29 is 85.2 Å². The van der Waals surface area contributed by atoms with E-state index in [0.29, 0.717) is 77.1 Å². The monoisotopic (exact) mass is 2180 g/mol. The molecule has 2 N–H and O–H groups in total. The molecule has 0 bridgehead atoms. The van der Waals surface area contributed by atoms with Crippen LogP contribution in [0.3, 0.4) is 0 Å². The Morgan fingerprint density at radius 2 is 0.661 bits per heavy atom. The number of aliphatic hydroxyl groups is 1. The van der Waals surface area contributed by atoms with Gasteiger partial charge >= 0.3 is 5.97 Å². The van der Waals surface area contributed by atoms with Gasteiger partial charge in [0, 0.05) is 101 Å². The Labute approximate surface area is 753 Å². The summed E-state index contributed by atoms with van der Waals surface area (Å²) in [7, 11) is -7.39. The van der Waals surface area contributed by atoms with Crippen LogP contribution in [0.4, 0.5) is 0 Å². The third-order valence-electron chi connectivity index (χ3n) is 16.8. The summed E-state index contributed by atoms with van der Waals surface area (Å²) in [4.78, 5) is 29.8. The minimum atomic E-state index is -3.99. The molecule has 17 nitrogen and oxygen atoms in total. The van der Waals surface area contributed by atoms with Gasteiger partial charge in [-0.25, -0.2) is 29.6 Å². The average molecular weight is 2190 g/mol. The molecule has 26 heteroatoms. The molecule has 2 aromatic heterocycles. The van der Waals surface area contributed by atoms with Gasteiger partial charge in [0.15, 0.2) is 0 Å². The fourth-order valence-corrected chi connectivity index (χ4v) is 14.8. The third-order valence-corrected chi connectivity index (χ3v) is 23.4. The standard InChI is InChI=1S/C32H25Br2NO5S.C25H19Br2NO3.C21H16Br2O4.C11H11NO2S.2CH4.CH3.Ir/c1-22-4-14-30(15-5-22)41(37,38)35-16-2-3-31(35)32(36)25-17-28(39-20-23-6-10-26(33)11-7-23)19-29(18-25)40-21-24-8-12-27(34)13-9-24;26-20-7-3-17(4-8-20)15-30-22-12-19(25(29)24-2-1-11-28-24)13-23(14-22)31-16-18-5-9-21(27)10-6-18;22-17-5-1-14(2-6-17)12-26-19-9-16(21(24)25)10-20(11-19)27-13-15-3-7-18(23)8-4-15;1-10-4-6-11(7-5-10)15(13,14)12-8-2-3-9-12;;;;/h2-19H,20-21H2,1H3;1-14,29H,15-16H2;1-11H,12-13H2,(H,24,25);2-9H,1H3;2*1H4;1H3;/q;;;;;;-1;. The molecule has 0 saturated heterocycles. The summed E-state index contributed by atoms with van der Waals surface area (Å²) in [6.45, 7) is 5.82. The normalized spacial score (nSPS) is 11.5. The van der Waals surface area contributed by atoms with Crippen molar-refractivity contribution >= 4 is 139 Å². The van der Waals surface area contributed by atoms with Gasteiger partial charge in [0.2, 0.25) is 5.78 Å². The topological polar surface area (TPSA) is 220 Å². The number of rotatable bonds is 26. The van der Waals surface area contributed by atoms with E-state index in [9.17, 15) is 36.6 Å². The van der Waals surface area contributed by atoms with Crippen LogP contribution >= 0.6 is 95.6 Å². The van der Waals surface area contributed by atoms with Crippen LogP contribution in [0.15, 0.2) is 351 Å². The molecule has 613 valence electrons. The molecule has 3 heterocycles. The number of nitrogens with zero attached hydrogens (tertiary/aromatic N) is 3. The van der Waals surface area contributed by atoms with Crippen LogP contribution in [0.2, 0.25) is 0 Å². The van der Waals surface area contributed by atoms with Gasteiger partial charge in [-0.3, -0.25) is 9.79 Å². The summed E-state index contributed by atoms with van der Waals surface area (Å²) in [5.41, 5.74) is 9.36. The fourth-order valence-electron chi connectivity index (χ4n) is 10.7. The smallest absolute Gasteiger partial charge is 0.335 e. The van der Waals surface area contributed by atoms with Crippen LogP contribution in [0.5, 0.6) is 34.5 Å². The van der Waals surface area contributed by atoms with E-state index in [-0.39, 0.29) is 83.1 Å². The zero-order valence-electron chi connectivity index (χ0n) is 62.2. The molecule has 11 aromatic carbocycles. The SMILES string of the molecule is C.C.Cc1ccc(S(=O)(=O)n2cccc2)cc1.Cc1ccc(S(=O)(=O)n2cccc2C(=O)c2cc(OCc3ccc(Br)cc3)cc(OCc3ccc(Br)cc3)c2)cc1.O=C(O)c1cc(OCc2ccc(Br)cc2)cc(OCc2ccc(Br)cc2)c1.OC(=C1C=CC=N1)c1cc(OCc2ccc(Br)cc2)cc(OCc2ccc(Br)cc2)c1.[CH3-].[Ir]. The Morgan fingerprint density at radius 3 is 0.949 bits per heavy atom. The van der Waals surface area contributed by atoms with Crippen molar-refractivity contribution in [2.24, 2.45) is 4.99 Å². The predicted octanol–water partition coefficient (Wildman–Crippen LogP) is 25.0. The van der Waals surface area contributed by atoms with Gasteiger partial charge in [-0.15, -0.1) is 0 Å². The molecule has 0 spiro atoms. The summed E-state index contributed by atoms with van der Waals surface area (Å²) in [6.07, 6.45) is 9.60. The number of carbonyl (C=O) groups excluding carboxylic acids is 1. The van der Waals surface area contributed by atoms with Gasteiger partial charge in [-0.05, 0) is 217 Å². The van der Waals surface area contributed by atoms with Crippen molar-refractivity contribution in [3.8, 4) is 34.5 Å². The minimum absolute atomic E-state index is 0. The van der Waals surface area contributed by atoms with Crippen LogP contribution in [-0.2, 0) is 79.8 Å². The molecular weight excluding hydrogens is 2110 g/mol. The van der Waals surface area contributed by atoms with E-state index < -0.39 is 31.8 Å². The number of ketones is 1. The first kappa shape index (κ1) is 95.4. The van der Waals surface area contributed by atoms with Gasteiger partial charge in [-0.2, -0.15) is 0 Å². The number of aryl methyl sites for hydroxylation is 2. The number of aromatic nitrogens is 2. The summed E-state index contributed by atoms with van der Waals surface area (Å²) in [5, 5.41) is 20.0. The largest absolute Gasteiger partial charge is 0.505 e. The van der Waals surface area contributed by atoms with Crippen molar-refractivity contribution in [1.82, 2.24) is 7.94 Å². The predicted molar refractivity (Wildman–Crippen MR) is 484 cm³/mol. The molecule has 0 aliphatic carbocycles. The zero-order valence-corrected chi connectivity index (χ0v) is 75.8. The van der Waals surface area contributed by atoms with E-state index >= 15 is 0 Å². The van der Waals surface area contributed by atoms with E-state index in [1.54, 1.807) is 103 Å². The number of carboxylic acid groups (broad SMARTS) is 1. The van der Waals surface area contributed by atoms with Crippen molar-refractivity contribution in [2.75, 3.05) is 0 Å². The van der Waals surface area contributed by atoms with Gasteiger partial charge in [0.1, 0.15) is 91.3 Å². The van der Waals surface area contributed by atoms with Crippen LogP contribution in [0, 0.1) is 21.3 Å². The quantitative estimate of drug-likeness (QED) is 0.0293. The molecule has 0 unspecified atom stereocenters. The number of ether oxygens (including phenoxy) is 6. The molecular formula is C92H82Br6IrN3O14S2-. The van der Waals surface area contributed by atoms with E-state index in [2.05, 4.69) is 101 Å². The Kier molecular flexibility index (Phi) is 37.2. The van der Waals surface area contributed by atoms with E-state index in [0.717, 1.165) is 75.3 Å². The number of allylic oxidation sites excluding steroid dienone is 2. The number of carboxylic acids is 1. The third kappa shape index (κ3) is 28.2. The summed E-state index contributed by atoms with van der Waals surface area (Å²) in [6, 6.07) is 81.5. The Hall–Kier alpha value is -9.70. The number of carbonyl (C=O) groups is 2. The maximum absolute atomic E-state index is 13.8. The minimum Gasteiger partial charge on any atom is -0.505 e. The van der Waals surface area contributed by atoms with Crippen LogP contribution in [0.25, 0.3) is 5.76 Å². The molecule has 118 heavy (non-hydrogen) atoms. The second-order valence-corrected chi connectivity index (χ2v) is 34.6. The maximum Gasteiger partial charge on any atom is 0.335 e. The first-order chi connectivity index (χ1) is 54.8. The van der Waals surface area contributed by atoms with Crippen LogP contribution in [-0.4, -0.2) is 53.0 Å². The van der Waals surface area contributed by atoms with Gasteiger partial charge in [0.25, 0.3) is 20.0 Å². The number of halogens is 6. The van der Waals surface area contributed by atoms with Gasteiger partial charge < -0.3 is 46.1 Å². The molecule has 13 aromatic rings. The van der Waals surface area contributed by atoms with E-state index in [4.69, 9.17) is 28.4 Å². The fraction of sp³-hybridized carbons (Fsp3) is 0.109. The first-order valence-corrected chi connectivity index (χ1v) is 42.6. The molecule has 0 amide bonds. The van der Waals surface area contributed by atoms with Crippen LogP contribution < -0.4 is 28.4 Å². The number of aromatic carboxylic acids is 1. The first-order valence-electron chi connectivity index (χ1n) is 34.9. The molecule has 0 fully saturated rings. The second-order valence-electron chi connectivity index (χ2n) is 25.4. The Morgan fingerprint density at radius 1 is 0.373 bits per heavy atom. The molecule has 14 rings (SSSR count). The van der Waals surface area contributed by atoms with Crippen molar-refractivity contribution in [1.29, 1.82) is 0 Å². The van der Waals surface area contributed by atoms with Crippen LogP contribution in [0.1, 0.15) is 91.3 Å². The van der Waals surface area contributed by atoms with Crippen molar-refractivity contribution in [3.63, 3.8) is 0 Å². The summed E-state index contributed by atoms with van der Waals surface area (Å²) >= 11 is 20.5. The Bertz CT molecular complexity index is 5570. The average Bonchev–Trinajstić information content (AvgIpc) is 1.56. The second kappa shape index (κ2) is 46.0. The summed E-state index contributed by atoms with van der Waals surface area (Å²) in [5.74, 6) is 1.51. The van der Waals surface area contributed by atoms with E-state index in [1.165, 1.54) is 59.0 Å². The number of aliphatic hydroxyl groups excluding tert-OH is 1.